The Hall–Kier alpha value is -3.70. The van der Waals surface area contributed by atoms with Crippen LogP contribution in [-0.2, 0) is 14.8 Å². The van der Waals surface area contributed by atoms with Crippen molar-refractivity contribution in [2.75, 3.05) is 18.0 Å². The minimum atomic E-state index is -4.11. The number of halogens is 1. The number of aromatic hydroxyl groups is 1. The summed E-state index contributed by atoms with van der Waals surface area (Å²) in [5, 5.41) is 18.3. The number of nitrogens with one attached hydrogen (secondary N) is 1. The normalized spacial score (nSPS) is 11.7. The third kappa shape index (κ3) is 5.20. The molecule has 4 rings (SSSR count). The van der Waals surface area contributed by atoms with Crippen LogP contribution in [0.5, 0.6) is 11.6 Å². The van der Waals surface area contributed by atoms with E-state index in [1.807, 2.05) is 6.92 Å². The maximum atomic E-state index is 13.5. The zero-order chi connectivity index (χ0) is 25.2. The number of sulfonamides is 1. The van der Waals surface area contributed by atoms with E-state index < -0.39 is 22.5 Å². The van der Waals surface area contributed by atoms with Crippen LogP contribution in [0.2, 0.25) is 0 Å². The Morgan fingerprint density at radius 3 is 2.43 bits per heavy atom. The van der Waals surface area contributed by atoms with E-state index in [2.05, 4.69) is 31.1 Å². The molecule has 0 bridgehead atoms. The standard InChI is InChI=1S/C24H21BrN4O5S/c1-15-3-6-17(7-4-15)29(35(32,33)19-10-8-18(34-2)9-11-19)14-22(30)27-28-23-20-13-16(25)5-12-21(20)26-24(23)31/h3-13,26,31H,14H2,1-2H3. The van der Waals surface area contributed by atoms with E-state index in [1.54, 1.807) is 42.5 Å². The summed E-state index contributed by atoms with van der Waals surface area (Å²) in [6, 6.07) is 17.8. The molecule has 0 saturated carbocycles. The molecule has 0 aliphatic carbocycles. The molecule has 0 radical (unpaired) electrons. The Morgan fingerprint density at radius 1 is 1.09 bits per heavy atom. The number of hydrogen-bond donors (Lipinski definition) is 2. The number of aromatic amines is 1. The van der Waals surface area contributed by atoms with E-state index in [0.717, 1.165) is 14.3 Å². The van der Waals surface area contributed by atoms with Crippen molar-refractivity contribution in [3.8, 4) is 11.6 Å². The molecular formula is C24H21BrN4O5S. The van der Waals surface area contributed by atoms with E-state index in [-0.39, 0.29) is 16.5 Å². The second kappa shape index (κ2) is 9.88. The zero-order valence-corrected chi connectivity index (χ0v) is 21.2. The van der Waals surface area contributed by atoms with Gasteiger partial charge >= 0.3 is 0 Å². The van der Waals surface area contributed by atoms with Crippen molar-refractivity contribution >= 4 is 54.1 Å². The molecule has 0 unspecified atom stereocenters. The number of methoxy groups -OCH3 is 1. The van der Waals surface area contributed by atoms with Gasteiger partial charge in [0.1, 0.15) is 12.3 Å². The summed E-state index contributed by atoms with van der Waals surface area (Å²) in [5.74, 6) is -0.566. The summed E-state index contributed by atoms with van der Waals surface area (Å²) in [4.78, 5) is 15.5. The summed E-state index contributed by atoms with van der Waals surface area (Å²) < 4.78 is 33.8. The van der Waals surface area contributed by atoms with Crippen molar-refractivity contribution in [3.05, 3.63) is 76.8 Å². The fraction of sp³-hybridized carbons (Fsp3) is 0.125. The van der Waals surface area contributed by atoms with Gasteiger partial charge in [-0.3, -0.25) is 9.10 Å². The molecule has 0 saturated heterocycles. The van der Waals surface area contributed by atoms with Crippen molar-refractivity contribution in [1.82, 2.24) is 4.98 Å². The van der Waals surface area contributed by atoms with Crippen molar-refractivity contribution < 1.29 is 23.1 Å². The molecule has 11 heteroatoms. The highest BCUT2D eigenvalue weighted by atomic mass is 79.9. The van der Waals surface area contributed by atoms with Crippen LogP contribution < -0.4 is 9.04 Å². The highest BCUT2D eigenvalue weighted by molar-refractivity contribution is 9.10. The van der Waals surface area contributed by atoms with E-state index >= 15 is 0 Å². The molecule has 35 heavy (non-hydrogen) atoms. The van der Waals surface area contributed by atoms with Crippen LogP contribution >= 0.6 is 15.9 Å². The predicted molar refractivity (Wildman–Crippen MR) is 136 cm³/mol. The molecule has 9 nitrogen and oxygen atoms in total. The lowest BCUT2D eigenvalue weighted by Gasteiger charge is -2.23. The molecule has 4 aromatic rings. The van der Waals surface area contributed by atoms with Gasteiger partial charge in [0.2, 0.25) is 5.88 Å². The van der Waals surface area contributed by atoms with E-state index in [4.69, 9.17) is 4.74 Å². The van der Waals surface area contributed by atoms with Gasteiger partial charge in [0.05, 0.1) is 23.2 Å². The van der Waals surface area contributed by atoms with E-state index in [0.29, 0.717) is 22.3 Å². The SMILES string of the molecule is COc1ccc(S(=O)(=O)N(CC(=O)N=Nc2c(O)[nH]c3ccc(Br)cc23)c2ccc(C)cc2)cc1. The number of carbonyl (C=O) groups is 1. The highest BCUT2D eigenvalue weighted by Crippen LogP contribution is 2.37. The Morgan fingerprint density at radius 2 is 1.77 bits per heavy atom. The minimum Gasteiger partial charge on any atom is -0.497 e. The Kier molecular flexibility index (Phi) is 6.90. The first-order valence-corrected chi connectivity index (χ1v) is 12.6. The molecule has 1 heterocycles. The molecule has 1 aromatic heterocycles. The van der Waals surface area contributed by atoms with Crippen LogP contribution in [0.15, 0.2) is 86.3 Å². The third-order valence-corrected chi connectivity index (χ3v) is 7.51. The molecule has 2 N–H and O–H groups in total. The number of fused-ring (bicyclic) bond motifs is 1. The average molecular weight is 557 g/mol. The second-order valence-corrected chi connectivity index (χ2v) is 10.4. The molecule has 3 aromatic carbocycles. The van der Waals surface area contributed by atoms with Crippen LogP contribution in [0.25, 0.3) is 10.9 Å². The zero-order valence-electron chi connectivity index (χ0n) is 18.8. The third-order valence-electron chi connectivity index (χ3n) is 5.22. The summed E-state index contributed by atoms with van der Waals surface area (Å²) in [6.45, 7) is 1.28. The van der Waals surface area contributed by atoms with Gasteiger partial charge in [0.15, 0.2) is 5.69 Å². The maximum absolute atomic E-state index is 13.5. The number of aryl methyl sites for hydroxylation is 1. The van der Waals surface area contributed by atoms with Crippen molar-refractivity contribution in [2.24, 2.45) is 10.2 Å². The van der Waals surface area contributed by atoms with Crippen LogP contribution in [0.1, 0.15) is 5.56 Å². The molecule has 1 amide bonds. The van der Waals surface area contributed by atoms with Gasteiger partial charge in [-0.1, -0.05) is 33.6 Å². The number of aromatic nitrogens is 1. The van der Waals surface area contributed by atoms with Gasteiger partial charge in [-0.15, -0.1) is 10.2 Å². The lowest BCUT2D eigenvalue weighted by Crippen LogP contribution is -2.35. The molecular weight excluding hydrogens is 536 g/mol. The summed E-state index contributed by atoms with van der Waals surface area (Å²) in [5.41, 5.74) is 1.92. The van der Waals surface area contributed by atoms with Crippen LogP contribution in [0.3, 0.4) is 0 Å². The fourth-order valence-electron chi connectivity index (χ4n) is 3.40. The number of nitrogens with zero attached hydrogens (tertiary/aromatic N) is 3. The first kappa shape index (κ1) is 24.4. The number of ether oxygens (including phenoxy) is 1. The number of carbonyl (C=O) groups excluding carboxylic acids is 1. The minimum absolute atomic E-state index is 0.0114. The Bertz CT molecular complexity index is 1510. The first-order valence-electron chi connectivity index (χ1n) is 10.4. The van der Waals surface area contributed by atoms with Gasteiger partial charge < -0.3 is 14.8 Å². The summed E-state index contributed by atoms with van der Waals surface area (Å²) in [6.07, 6.45) is 0. The number of rotatable bonds is 7. The lowest BCUT2D eigenvalue weighted by atomic mass is 10.2. The number of H-pyrrole nitrogens is 1. The van der Waals surface area contributed by atoms with E-state index in [9.17, 15) is 18.3 Å². The highest BCUT2D eigenvalue weighted by Gasteiger charge is 2.27. The number of hydrogen-bond acceptors (Lipinski definition) is 6. The second-order valence-electron chi connectivity index (χ2n) is 7.63. The van der Waals surface area contributed by atoms with Gasteiger partial charge in [0.25, 0.3) is 15.9 Å². The number of benzene rings is 3. The number of azo groups is 1. The van der Waals surface area contributed by atoms with Crippen molar-refractivity contribution in [1.29, 1.82) is 0 Å². The Balaban J connectivity index is 1.67. The van der Waals surface area contributed by atoms with Gasteiger partial charge in [-0.05, 0) is 61.5 Å². The van der Waals surface area contributed by atoms with Crippen molar-refractivity contribution in [2.45, 2.75) is 11.8 Å². The smallest absolute Gasteiger partial charge is 0.285 e. The lowest BCUT2D eigenvalue weighted by molar-refractivity contribution is -0.116. The molecule has 0 atom stereocenters. The first-order chi connectivity index (χ1) is 16.7. The maximum Gasteiger partial charge on any atom is 0.285 e. The van der Waals surface area contributed by atoms with Crippen LogP contribution in [-0.4, -0.2) is 38.1 Å². The van der Waals surface area contributed by atoms with E-state index in [1.165, 1.54) is 31.4 Å². The topological polar surface area (TPSA) is 124 Å². The van der Waals surface area contributed by atoms with Crippen LogP contribution in [0.4, 0.5) is 11.4 Å². The molecule has 0 aliphatic rings. The monoisotopic (exact) mass is 556 g/mol. The number of amides is 1. The predicted octanol–water partition coefficient (Wildman–Crippen LogP) is 5.46. The summed E-state index contributed by atoms with van der Waals surface area (Å²) >= 11 is 3.36. The molecule has 180 valence electrons. The average Bonchev–Trinajstić information content (AvgIpc) is 3.15. The van der Waals surface area contributed by atoms with Crippen LogP contribution in [0, 0.1) is 6.92 Å². The van der Waals surface area contributed by atoms with Gasteiger partial charge in [-0.25, -0.2) is 8.42 Å². The van der Waals surface area contributed by atoms with Crippen molar-refractivity contribution in [3.63, 3.8) is 0 Å². The molecule has 0 aliphatic heterocycles. The number of anilines is 1. The van der Waals surface area contributed by atoms with Gasteiger partial charge in [-0.2, -0.15) is 0 Å². The fourth-order valence-corrected chi connectivity index (χ4v) is 5.17. The quantitative estimate of drug-likeness (QED) is 0.292. The Labute approximate surface area is 210 Å². The van der Waals surface area contributed by atoms with Gasteiger partial charge in [0, 0.05) is 9.86 Å². The molecule has 0 fully saturated rings. The largest absolute Gasteiger partial charge is 0.497 e. The summed E-state index contributed by atoms with van der Waals surface area (Å²) in [7, 11) is -2.63. The molecule has 0 spiro atoms.